The number of nitrogens with one attached hydrogen (secondary N) is 1. The molecule has 1 aliphatic rings. The second-order valence-electron chi connectivity index (χ2n) is 9.47. The third-order valence-electron chi connectivity index (χ3n) is 6.48. The monoisotopic (exact) mass is 560 g/mol. The Morgan fingerprint density at radius 3 is 2.15 bits per heavy atom. The number of imide groups is 1. The van der Waals surface area contributed by atoms with Gasteiger partial charge in [0, 0.05) is 5.69 Å². The van der Waals surface area contributed by atoms with Crippen molar-refractivity contribution in [2.24, 2.45) is 0 Å². The molecule has 3 aromatic rings. The molecule has 0 saturated carbocycles. The molecule has 0 unspecified atom stereocenters. The minimum Gasteiger partial charge on any atom is -0.462 e. The van der Waals surface area contributed by atoms with Gasteiger partial charge in [-0.2, -0.15) is 0 Å². The van der Waals surface area contributed by atoms with Crippen LogP contribution in [0.5, 0.6) is 5.75 Å². The first-order valence-corrected chi connectivity index (χ1v) is 13.2. The predicted molar refractivity (Wildman–Crippen MR) is 153 cm³/mol. The van der Waals surface area contributed by atoms with Crippen molar-refractivity contribution < 1.29 is 28.7 Å². The maximum Gasteiger partial charge on any atom is 0.343 e. The first kappa shape index (κ1) is 28.6. The van der Waals surface area contributed by atoms with Crippen LogP contribution in [0.4, 0.5) is 11.4 Å². The minimum atomic E-state index is -0.698. The van der Waals surface area contributed by atoms with Gasteiger partial charge >= 0.3 is 11.9 Å². The zero-order valence-corrected chi connectivity index (χ0v) is 23.4. The summed E-state index contributed by atoms with van der Waals surface area (Å²) in [6.07, 6.45) is 1.67. The Kier molecular flexibility index (Phi) is 8.70. The van der Waals surface area contributed by atoms with Crippen molar-refractivity contribution in [2.45, 2.75) is 40.5 Å². The molecule has 0 aromatic heterocycles. The van der Waals surface area contributed by atoms with Crippen LogP contribution in [0.25, 0.3) is 0 Å². The highest BCUT2D eigenvalue weighted by molar-refractivity contribution is 6.53. The average Bonchev–Trinajstić information content (AvgIpc) is 3.14. The lowest BCUT2D eigenvalue weighted by Crippen LogP contribution is -2.32. The summed E-state index contributed by atoms with van der Waals surface area (Å²) in [6.45, 7) is 8.09. The summed E-state index contributed by atoms with van der Waals surface area (Å²) in [6, 6.07) is 16.0. The Bertz CT molecular complexity index is 1510. The van der Waals surface area contributed by atoms with Crippen LogP contribution in [-0.4, -0.2) is 30.4 Å². The summed E-state index contributed by atoms with van der Waals surface area (Å²) >= 11 is 6.24. The van der Waals surface area contributed by atoms with Crippen molar-refractivity contribution in [3.8, 4) is 5.75 Å². The third-order valence-corrected chi connectivity index (χ3v) is 6.83. The van der Waals surface area contributed by atoms with Crippen LogP contribution in [0, 0.1) is 20.8 Å². The van der Waals surface area contributed by atoms with Crippen molar-refractivity contribution in [3.63, 3.8) is 0 Å². The zero-order valence-electron chi connectivity index (χ0n) is 22.7. The Labute approximate surface area is 237 Å². The second kappa shape index (κ2) is 12.2. The van der Waals surface area contributed by atoms with E-state index in [-0.39, 0.29) is 16.4 Å². The summed E-state index contributed by atoms with van der Waals surface area (Å²) in [5, 5.41) is 2.60. The number of carbonyl (C=O) groups is 4. The number of rotatable bonds is 9. The summed E-state index contributed by atoms with van der Waals surface area (Å²) < 4.78 is 10.8. The molecule has 0 bridgehead atoms. The molecule has 0 atom stereocenters. The van der Waals surface area contributed by atoms with Crippen molar-refractivity contribution in [3.05, 3.63) is 99.2 Å². The van der Waals surface area contributed by atoms with E-state index in [1.807, 2.05) is 39.8 Å². The van der Waals surface area contributed by atoms with Crippen molar-refractivity contribution in [2.75, 3.05) is 16.8 Å². The number of benzene rings is 3. The Hall–Kier alpha value is -4.43. The van der Waals surface area contributed by atoms with Gasteiger partial charge in [-0.25, -0.2) is 14.5 Å². The molecule has 1 aliphatic heterocycles. The molecule has 40 heavy (non-hydrogen) atoms. The van der Waals surface area contributed by atoms with Crippen molar-refractivity contribution in [1.29, 1.82) is 0 Å². The SMILES string of the molecule is CCCCOC(=O)c1ccc(N2C(=O)C(Cl)=C(Nc3ccc(C(=O)Oc4cc(C)cc(C)c4C)cc3)C2=O)cc1. The van der Waals surface area contributed by atoms with Gasteiger partial charge in [-0.15, -0.1) is 0 Å². The van der Waals surface area contributed by atoms with Crippen LogP contribution in [0.15, 0.2) is 71.4 Å². The molecule has 0 spiro atoms. The van der Waals surface area contributed by atoms with Crippen LogP contribution >= 0.6 is 11.6 Å². The van der Waals surface area contributed by atoms with E-state index in [0.717, 1.165) is 34.4 Å². The molecule has 0 fully saturated rings. The molecule has 1 heterocycles. The van der Waals surface area contributed by atoms with E-state index in [1.165, 1.54) is 24.3 Å². The number of hydrogen-bond donors (Lipinski definition) is 1. The van der Waals surface area contributed by atoms with E-state index in [2.05, 4.69) is 5.32 Å². The molecular weight excluding hydrogens is 532 g/mol. The standard InChI is InChI=1S/C31H29ClN2O6/c1-5-6-15-39-30(37)21-9-13-24(14-10-21)34-28(35)26(32)27(29(34)36)33-23-11-7-22(8-12-23)31(38)40-25-17-18(2)16-19(3)20(25)4/h7-14,16-17,33H,5-6,15H2,1-4H3. The fourth-order valence-electron chi connectivity index (χ4n) is 4.08. The van der Waals surface area contributed by atoms with Crippen molar-refractivity contribution >= 4 is 46.7 Å². The number of unbranched alkanes of at least 4 members (excludes halogenated alkanes) is 1. The summed E-state index contributed by atoms with van der Waals surface area (Å²) in [5.41, 5.74) is 4.12. The molecule has 8 nitrogen and oxygen atoms in total. The lowest BCUT2D eigenvalue weighted by molar-refractivity contribution is -0.120. The number of carbonyl (C=O) groups excluding carboxylic acids is 4. The van der Waals surface area contributed by atoms with Gasteiger partial charge in [0.25, 0.3) is 11.8 Å². The minimum absolute atomic E-state index is 0.101. The number of anilines is 2. The number of esters is 2. The summed E-state index contributed by atoms with van der Waals surface area (Å²) in [5.74, 6) is -1.85. The van der Waals surface area contributed by atoms with Crippen LogP contribution in [0.3, 0.4) is 0 Å². The van der Waals surface area contributed by atoms with Crippen LogP contribution in [0.2, 0.25) is 0 Å². The smallest absolute Gasteiger partial charge is 0.343 e. The molecule has 0 radical (unpaired) electrons. The lowest BCUT2D eigenvalue weighted by atomic mass is 10.1. The number of hydrogen-bond acceptors (Lipinski definition) is 7. The Balaban J connectivity index is 1.43. The van der Waals surface area contributed by atoms with Gasteiger partial charge in [0.1, 0.15) is 16.5 Å². The van der Waals surface area contributed by atoms with E-state index >= 15 is 0 Å². The Morgan fingerprint density at radius 2 is 1.50 bits per heavy atom. The number of halogens is 1. The van der Waals surface area contributed by atoms with Crippen LogP contribution in [0.1, 0.15) is 57.2 Å². The summed E-state index contributed by atoms with van der Waals surface area (Å²) in [4.78, 5) is 51.7. The molecule has 1 N–H and O–H groups in total. The van der Waals surface area contributed by atoms with E-state index < -0.39 is 23.8 Å². The predicted octanol–water partition coefficient (Wildman–Crippen LogP) is 6.22. The van der Waals surface area contributed by atoms with E-state index in [4.69, 9.17) is 21.1 Å². The fraction of sp³-hybridized carbons (Fsp3) is 0.226. The van der Waals surface area contributed by atoms with Crippen LogP contribution < -0.4 is 15.0 Å². The van der Waals surface area contributed by atoms with Gasteiger partial charge in [0.05, 0.1) is 23.4 Å². The molecular formula is C31H29ClN2O6. The normalized spacial score (nSPS) is 13.1. The quantitative estimate of drug-likeness (QED) is 0.143. The highest BCUT2D eigenvalue weighted by Crippen LogP contribution is 2.31. The first-order chi connectivity index (χ1) is 19.1. The second-order valence-corrected chi connectivity index (χ2v) is 9.85. The van der Waals surface area contributed by atoms with E-state index in [1.54, 1.807) is 24.3 Å². The zero-order chi connectivity index (χ0) is 29.0. The number of aryl methyl sites for hydroxylation is 2. The van der Waals surface area contributed by atoms with Gasteiger partial charge < -0.3 is 14.8 Å². The Morgan fingerprint density at radius 1 is 0.875 bits per heavy atom. The summed E-state index contributed by atoms with van der Waals surface area (Å²) in [7, 11) is 0. The lowest BCUT2D eigenvalue weighted by Gasteiger charge is -2.15. The van der Waals surface area contributed by atoms with E-state index in [9.17, 15) is 19.2 Å². The maximum absolute atomic E-state index is 13.1. The van der Waals surface area contributed by atoms with Gasteiger partial charge in [-0.1, -0.05) is 31.0 Å². The van der Waals surface area contributed by atoms with Crippen LogP contribution in [-0.2, 0) is 14.3 Å². The highest BCUT2D eigenvalue weighted by atomic mass is 35.5. The molecule has 206 valence electrons. The number of nitrogens with zero attached hydrogens (tertiary/aromatic N) is 1. The average molecular weight is 561 g/mol. The number of amides is 2. The molecule has 3 aromatic carbocycles. The third kappa shape index (κ3) is 6.07. The van der Waals surface area contributed by atoms with Gasteiger partial charge in [-0.3, -0.25) is 9.59 Å². The van der Waals surface area contributed by atoms with Crippen molar-refractivity contribution in [1.82, 2.24) is 0 Å². The fourth-order valence-corrected chi connectivity index (χ4v) is 4.30. The van der Waals surface area contributed by atoms with E-state index in [0.29, 0.717) is 29.2 Å². The van der Waals surface area contributed by atoms with Gasteiger partial charge in [0.15, 0.2) is 0 Å². The maximum atomic E-state index is 13.1. The largest absolute Gasteiger partial charge is 0.462 e. The molecule has 0 saturated heterocycles. The molecule has 9 heteroatoms. The first-order valence-electron chi connectivity index (χ1n) is 12.8. The van der Waals surface area contributed by atoms with Gasteiger partial charge in [-0.05, 0) is 98.5 Å². The molecule has 2 amide bonds. The molecule has 4 rings (SSSR count). The molecule has 0 aliphatic carbocycles. The van der Waals surface area contributed by atoms with Gasteiger partial charge in [0.2, 0.25) is 0 Å². The highest BCUT2D eigenvalue weighted by Gasteiger charge is 2.39. The number of ether oxygens (including phenoxy) is 2. The topological polar surface area (TPSA) is 102 Å².